The average molecular weight is 290 g/mol. The van der Waals surface area contributed by atoms with Gasteiger partial charge in [0.05, 0.1) is 6.61 Å². The van der Waals surface area contributed by atoms with E-state index in [0.717, 1.165) is 38.1 Å². The topological polar surface area (TPSA) is 41.6 Å². The van der Waals surface area contributed by atoms with Crippen molar-refractivity contribution < 1.29 is 9.53 Å². The van der Waals surface area contributed by atoms with Crippen molar-refractivity contribution in [3.8, 4) is 5.75 Å². The Bertz CT molecular complexity index is 436. The first-order valence-corrected chi connectivity index (χ1v) is 7.83. The summed E-state index contributed by atoms with van der Waals surface area (Å²) in [7, 11) is 1.90. The van der Waals surface area contributed by atoms with Gasteiger partial charge in [0.1, 0.15) is 5.75 Å². The van der Waals surface area contributed by atoms with Gasteiger partial charge in [0.2, 0.25) is 5.91 Å². The summed E-state index contributed by atoms with van der Waals surface area (Å²) >= 11 is 0. The van der Waals surface area contributed by atoms with E-state index in [1.54, 1.807) is 0 Å². The van der Waals surface area contributed by atoms with Crippen LogP contribution in [0.3, 0.4) is 0 Å². The minimum atomic E-state index is 0.182. The second kappa shape index (κ2) is 8.03. The molecule has 1 heterocycles. The molecular weight excluding hydrogens is 264 g/mol. The molecule has 2 unspecified atom stereocenters. The summed E-state index contributed by atoms with van der Waals surface area (Å²) in [5.74, 6) is 1.35. The molecule has 1 aromatic rings. The molecule has 2 atom stereocenters. The number of hydrogen-bond donors (Lipinski definition) is 1. The van der Waals surface area contributed by atoms with E-state index in [9.17, 15) is 4.79 Å². The van der Waals surface area contributed by atoms with E-state index < -0.39 is 0 Å². The van der Waals surface area contributed by atoms with Crippen LogP contribution < -0.4 is 10.1 Å². The highest BCUT2D eigenvalue weighted by molar-refractivity contribution is 5.78. The fourth-order valence-electron chi connectivity index (χ4n) is 2.79. The normalized spacial score (nSPS) is 21.8. The Balaban J connectivity index is 1.66. The molecule has 21 heavy (non-hydrogen) atoms. The highest BCUT2D eigenvalue weighted by Gasteiger charge is 2.26. The van der Waals surface area contributed by atoms with Gasteiger partial charge in [-0.15, -0.1) is 0 Å². The Hall–Kier alpha value is -1.55. The summed E-state index contributed by atoms with van der Waals surface area (Å²) in [6.07, 6.45) is 2.76. The summed E-state index contributed by atoms with van der Waals surface area (Å²) in [5.41, 5.74) is 0. The summed E-state index contributed by atoms with van der Waals surface area (Å²) in [5, 5.41) is 3.39. The van der Waals surface area contributed by atoms with E-state index in [2.05, 4.69) is 12.2 Å². The SMILES string of the molecule is CC1CC(C(=O)N(C)CCCOc2ccccc2)CCN1. The number of nitrogens with zero attached hydrogens (tertiary/aromatic N) is 1. The van der Waals surface area contributed by atoms with Gasteiger partial charge in [-0.05, 0) is 44.9 Å². The van der Waals surface area contributed by atoms with Gasteiger partial charge in [-0.2, -0.15) is 0 Å². The van der Waals surface area contributed by atoms with Gasteiger partial charge in [0.15, 0.2) is 0 Å². The molecule has 0 spiro atoms. The molecule has 1 aliphatic rings. The molecule has 0 bridgehead atoms. The van der Waals surface area contributed by atoms with Crippen LogP contribution in [0.4, 0.5) is 0 Å². The zero-order valence-electron chi connectivity index (χ0n) is 13.0. The lowest BCUT2D eigenvalue weighted by Gasteiger charge is -2.30. The number of benzene rings is 1. The number of carbonyl (C=O) groups is 1. The Kier molecular flexibility index (Phi) is 6.05. The van der Waals surface area contributed by atoms with Crippen molar-refractivity contribution in [1.29, 1.82) is 0 Å². The van der Waals surface area contributed by atoms with E-state index in [1.807, 2.05) is 42.3 Å². The number of para-hydroxylation sites is 1. The number of hydrogen-bond acceptors (Lipinski definition) is 3. The lowest BCUT2D eigenvalue weighted by molar-refractivity contribution is -0.135. The van der Waals surface area contributed by atoms with Crippen LogP contribution in [-0.4, -0.2) is 43.6 Å². The second-order valence-corrected chi connectivity index (χ2v) is 5.85. The summed E-state index contributed by atoms with van der Waals surface area (Å²) < 4.78 is 5.65. The molecule has 1 amide bonds. The molecule has 2 rings (SSSR count). The number of carbonyl (C=O) groups excluding carboxylic acids is 1. The zero-order valence-corrected chi connectivity index (χ0v) is 13.0. The predicted molar refractivity (Wildman–Crippen MR) is 84.4 cm³/mol. The van der Waals surface area contributed by atoms with Crippen LogP contribution in [0.25, 0.3) is 0 Å². The molecule has 0 aromatic heterocycles. The van der Waals surface area contributed by atoms with E-state index in [-0.39, 0.29) is 11.8 Å². The molecule has 1 aliphatic heterocycles. The van der Waals surface area contributed by atoms with Gasteiger partial charge in [0.25, 0.3) is 0 Å². The molecule has 0 saturated carbocycles. The summed E-state index contributed by atoms with van der Waals surface area (Å²) in [4.78, 5) is 14.2. The van der Waals surface area contributed by atoms with Crippen molar-refractivity contribution in [2.45, 2.75) is 32.2 Å². The number of ether oxygens (including phenoxy) is 1. The van der Waals surface area contributed by atoms with Crippen LogP contribution in [0, 0.1) is 5.92 Å². The summed E-state index contributed by atoms with van der Waals surface area (Å²) in [6.45, 7) is 4.49. The van der Waals surface area contributed by atoms with Crippen molar-refractivity contribution in [3.05, 3.63) is 30.3 Å². The van der Waals surface area contributed by atoms with Gasteiger partial charge in [-0.1, -0.05) is 18.2 Å². The predicted octanol–water partition coefficient (Wildman–Crippen LogP) is 2.30. The van der Waals surface area contributed by atoms with Crippen LogP contribution in [0.15, 0.2) is 30.3 Å². The molecule has 1 saturated heterocycles. The van der Waals surface area contributed by atoms with E-state index in [4.69, 9.17) is 4.74 Å². The molecule has 4 nitrogen and oxygen atoms in total. The van der Waals surface area contributed by atoms with Crippen LogP contribution in [0.2, 0.25) is 0 Å². The molecule has 0 aliphatic carbocycles. The lowest BCUT2D eigenvalue weighted by atomic mass is 9.92. The first kappa shape index (κ1) is 15.8. The number of rotatable bonds is 6. The van der Waals surface area contributed by atoms with Gasteiger partial charge in [-0.25, -0.2) is 0 Å². The van der Waals surface area contributed by atoms with Crippen LogP contribution in [-0.2, 0) is 4.79 Å². The standard InChI is InChI=1S/C17H26N2O2/c1-14-13-15(9-10-18-14)17(20)19(2)11-6-12-21-16-7-4-3-5-8-16/h3-5,7-8,14-15,18H,6,9-13H2,1-2H3. The molecular formula is C17H26N2O2. The number of piperidine rings is 1. The largest absolute Gasteiger partial charge is 0.494 e. The van der Waals surface area contributed by atoms with Gasteiger partial charge in [-0.3, -0.25) is 4.79 Å². The Labute approximate surface area is 127 Å². The lowest BCUT2D eigenvalue weighted by Crippen LogP contribution is -2.43. The second-order valence-electron chi connectivity index (χ2n) is 5.85. The minimum absolute atomic E-state index is 0.182. The third-order valence-electron chi connectivity index (χ3n) is 4.00. The molecule has 0 radical (unpaired) electrons. The highest BCUT2D eigenvalue weighted by atomic mass is 16.5. The zero-order chi connectivity index (χ0) is 15.1. The molecule has 1 fully saturated rings. The average Bonchev–Trinajstić information content (AvgIpc) is 2.51. The smallest absolute Gasteiger partial charge is 0.225 e. The maximum absolute atomic E-state index is 12.4. The quantitative estimate of drug-likeness (QED) is 0.817. The monoisotopic (exact) mass is 290 g/mol. The van der Waals surface area contributed by atoms with Gasteiger partial charge in [0, 0.05) is 25.6 Å². The van der Waals surface area contributed by atoms with Crippen molar-refractivity contribution in [2.75, 3.05) is 26.7 Å². The third-order valence-corrected chi connectivity index (χ3v) is 4.00. The maximum Gasteiger partial charge on any atom is 0.225 e. The Morgan fingerprint density at radius 2 is 2.14 bits per heavy atom. The molecule has 1 N–H and O–H groups in total. The van der Waals surface area contributed by atoms with Crippen LogP contribution in [0.5, 0.6) is 5.75 Å². The van der Waals surface area contributed by atoms with E-state index in [1.165, 1.54) is 0 Å². The fourth-order valence-corrected chi connectivity index (χ4v) is 2.79. The maximum atomic E-state index is 12.4. The fraction of sp³-hybridized carbons (Fsp3) is 0.588. The molecule has 1 aromatic carbocycles. The van der Waals surface area contributed by atoms with Crippen molar-refractivity contribution in [3.63, 3.8) is 0 Å². The van der Waals surface area contributed by atoms with Crippen molar-refractivity contribution in [2.24, 2.45) is 5.92 Å². The number of nitrogens with one attached hydrogen (secondary N) is 1. The van der Waals surface area contributed by atoms with E-state index >= 15 is 0 Å². The Morgan fingerprint density at radius 3 is 2.86 bits per heavy atom. The first-order valence-electron chi connectivity index (χ1n) is 7.83. The minimum Gasteiger partial charge on any atom is -0.494 e. The Morgan fingerprint density at radius 1 is 1.38 bits per heavy atom. The third kappa shape index (κ3) is 5.05. The molecule has 116 valence electrons. The highest BCUT2D eigenvalue weighted by Crippen LogP contribution is 2.18. The molecule has 4 heteroatoms. The summed E-state index contributed by atoms with van der Waals surface area (Å²) in [6, 6.07) is 10.2. The first-order chi connectivity index (χ1) is 10.2. The number of amides is 1. The van der Waals surface area contributed by atoms with Crippen molar-refractivity contribution >= 4 is 5.91 Å². The van der Waals surface area contributed by atoms with Crippen LogP contribution >= 0.6 is 0 Å². The van der Waals surface area contributed by atoms with Gasteiger partial charge < -0.3 is 15.0 Å². The van der Waals surface area contributed by atoms with Gasteiger partial charge >= 0.3 is 0 Å². The van der Waals surface area contributed by atoms with Crippen molar-refractivity contribution in [1.82, 2.24) is 10.2 Å². The van der Waals surface area contributed by atoms with Crippen LogP contribution in [0.1, 0.15) is 26.2 Å². The van der Waals surface area contributed by atoms with E-state index in [0.29, 0.717) is 12.6 Å².